The van der Waals surface area contributed by atoms with Crippen LogP contribution in [0, 0.1) is 0 Å². The Labute approximate surface area is 103 Å². The molecule has 4 N–H and O–H groups in total. The van der Waals surface area contributed by atoms with E-state index in [1.54, 1.807) is 6.08 Å². The number of allylic oxidation sites excluding steroid dienone is 5. The molecule has 0 aliphatic carbocycles. The number of hydrogen-bond acceptors (Lipinski definition) is 2. The van der Waals surface area contributed by atoms with Gasteiger partial charge in [0.2, 0.25) is 0 Å². The van der Waals surface area contributed by atoms with E-state index in [0.29, 0.717) is 6.54 Å². The van der Waals surface area contributed by atoms with Gasteiger partial charge in [0.1, 0.15) is 0 Å². The van der Waals surface area contributed by atoms with Crippen molar-refractivity contribution >= 4 is 11.8 Å². The van der Waals surface area contributed by atoms with Crippen LogP contribution in [0.4, 0.5) is 5.69 Å². The highest BCUT2D eigenvalue weighted by Gasteiger charge is 1.88. The maximum Gasteiger partial charge on any atom is 0.0314 e. The fourth-order valence-electron chi connectivity index (χ4n) is 1.31. The molecule has 0 bridgehead atoms. The Bertz CT molecular complexity index is 436. The molecule has 2 heteroatoms. The largest absolute Gasteiger partial charge is 0.399 e. The normalized spacial score (nSPS) is 12.4. The molecule has 88 valence electrons. The quantitative estimate of drug-likeness (QED) is 0.599. The van der Waals surface area contributed by atoms with Crippen LogP contribution in [0.15, 0.2) is 66.8 Å². The van der Waals surface area contributed by atoms with Gasteiger partial charge in [-0.15, -0.1) is 0 Å². The van der Waals surface area contributed by atoms with Gasteiger partial charge in [-0.3, -0.25) is 0 Å². The summed E-state index contributed by atoms with van der Waals surface area (Å²) in [5, 5.41) is 0. The molecular formula is C15H18N2. The summed E-state index contributed by atoms with van der Waals surface area (Å²) in [6.07, 6.45) is 11.6. The Kier molecular flexibility index (Phi) is 5.55. The van der Waals surface area contributed by atoms with Crippen molar-refractivity contribution in [2.75, 3.05) is 12.3 Å². The number of hydrogen-bond donors (Lipinski definition) is 2. The third-order valence-electron chi connectivity index (χ3n) is 2.16. The summed E-state index contributed by atoms with van der Waals surface area (Å²) in [5.41, 5.74) is 14.0. The van der Waals surface area contributed by atoms with Crippen LogP contribution in [0.5, 0.6) is 0 Å². The summed E-state index contributed by atoms with van der Waals surface area (Å²) in [4.78, 5) is 0. The van der Waals surface area contributed by atoms with Crippen molar-refractivity contribution < 1.29 is 0 Å². The first-order valence-corrected chi connectivity index (χ1v) is 5.49. The van der Waals surface area contributed by atoms with E-state index in [9.17, 15) is 0 Å². The Morgan fingerprint density at radius 1 is 1.18 bits per heavy atom. The summed E-state index contributed by atoms with van der Waals surface area (Å²) in [6.45, 7) is 4.22. The zero-order valence-electron chi connectivity index (χ0n) is 9.84. The van der Waals surface area contributed by atoms with Crippen molar-refractivity contribution in [3.05, 3.63) is 72.4 Å². The molecule has 0 atom stereocenters. The van der Waals surface area contributed by atoms with Gasteiger partial charge in [-0.2, -0.15) is 0 Å². The molecule has 0 spiro atoms. The average Bonchev–Trinajstić information content (AvgIpc) is 2.35. The van der Waals surface area contributed by atoms with E-state index >= 15 is 0 Å². The average molecular weight is 226 g/mol. The van der Waals surface area contributed by atoms with Crippen molar-refractivity contribution in [1.82, 2.24) is 0 Å². The molecule has 0 aliphatic heterocycles. The van der Waals surface area contributed by atoms with Crippen LogP contribution in [-0.4, -0.2) is 6.54 Å². The molecule has 1 rings (SSSR count). The summed E-state index contributed by atoms with van der Waals surface area (Å²) in [7, 11) is 0. The van der Waals surface area contributed by atoms with E-state index in [4.69, 9.17) is 11.5 Å². The van der Waals surface area contributed by atoms with E-state index in [1.807, 2.05) is 54.6 Å². The molecule has 0 saturated carbocycles. The maximum atomic E-state index is 5.62. The SMILES string of the molecule is C=C/C=C(\C=C/CN)/C=C/c1ccc(N)cc1. The molecule has 0 aliphatic rings. The monoisotopic (exact) mass is 226 g/mol. The van der Waals surface area contributed by atoms with Crippen LogP contribution < -0.4 is 11.5 Å². The molecule has 17 heavy (non-hydrogen) atoms. The van der Waals surface area contributed by atoms with E-state index in [1.165, 1.54) is 0 Å². The fourth-order valence-corrected chi connectivity index (χ4v) is 1.31. The molecule has 0 aromatic heterocycles. The second-order valence-electron chi connectivity index (χ2n) is 3.54. The van der Waals surface area contributed by atoms with Gasteiger partial charge in [0.15, 0.2) is 0 Å². The Morgan fingerprint density at radius 3 is 2.47 bits per heavy atom. The van der Waals surface area contributed by atoms with Crippen molar-refractivity contribution in [2.45, 2.75) is 0 Å². The minimum Gasteiger partial charge on any atom is -0.399 e. The standard InChI is InChI=1S/C15H18N2/c1-2-4-13(5-3-12-16)6-7-14-8-10-15(17)11-9-14/h2-11H,1,12,16-17H2/b5-3-,7-6+,13-4+. The Balaban J connectivity index is 2.79. The van der Waals surface area contributed by atoms with Gasteiger partial charge < -0.3 is 11.5 Å². The number of benzene rings is 1. The summed E-state index contributed by atoms with van der Waals surface area (Å²) in [6, 6.07) is 7.71. The second kappa shape index (κ2) is 7.25. The van der Waals surface area contributed by atoms with Crippen molar-refractivity contribution in [1.29, 1.82) is 0 Å². The highest BCUT2D eigenvalue weighted by molar-refractivity contribution is 5.57. The Morgan fingerprint density at radius 2 is 1.88 bits per heavy atom. The predicted molar refractivity (Wildman–Crippen MR) is 76.4 cm³/mol. The molecular weight excluding hydrogens is 208 g/mol. The van der Waals surface area contributed by atoms with Crippen molar-refractivity contribution in [2.24, 2.45) is 5.73 Å². The van der Waals surface area contributed by atoms with Gasteiger partial charge in [-0.1, -0.05) is 55.2 Å². The van der Waals surface area contributed by atoms with Crippen molar-refractivity contribution in [3.8, 4) is 0 Å². The number of rotatable bonds is 5. The minimum absolute atomic E-state index is 0.532. The molecule has 0 amide bonds. The van der Waals surface area contributed by atoms with E-state index < -0.39 is 0 Å². The van der Waals surface area contributed by atoms with Gasteiger partial charge in [0.25, 0.3) is 0 Å². The minimum atomic E-state index is 0.532. The molecule has 2 nitrogen and oxygen atoms in total. The fraction of sp³-hybridized carbons (Fsp3) is 0.0667. The summed E-state index contributed by atoms with van der Waals surface area (Å²) >= 11 is 0. The lowest BCUT2D eigenvalue weighted by Crippen LogP contribution is -1.92. The third kappa shape index (κ3) is 5.00. The van der Waals surface area contributed by atoms with Crippen LogP contribution in [0.25, 0.3) is 6.08 Å². The van der Waals surface area contributed by atoms with E-state index in [2.05, 4.69) is 6.58 Å². The van der Waals surface area contributed by atoms with Gasteiger partial charge in [0, 0.05) is 12.2 Å². The van der Waals surface area contributed by atoms with Crippen LogP contribution in [0.3, 0.4) is 0 Å². The number of nitrogens with two attached hydrogens (primary N) is 2. The zero-order chi connectivity index (χ0) is 12.5. The smallest absolute Gasteiger partial charge is 0.0314 e. The molecule has 0 saturated heterocycles. The lowest BCUT2D eigenvalue weighted by Gasteiger charge is -1.96. The molecule has 0 unspecified atom stereocenters. The highest BCUT2D eigenvalue weighted by atomic mass is 14.5. The van der Waals surface area contributed by atoms with E-state index in [0.717, 1.165) is 16.8 Å². The third-order valence-corrected chi connectivity index (χ3v) is 2.16. The topological polar surface area (TPSA) is 52.0 Å². The summed E-state index contributed by atoms with van der Waals surface area (Å²) in [5.74, 6) is 0. The first-order chi connectivity index (χ1) is 8.26. The van der Waals surface area contributed by atoms with Gasteiger partial charge in [0.05, 0.1) is 0 Å². The Hall–Kier alpha value is -2.06. The van der Waals surface area contributed by atoms with Crippen LogP contribution >= 0.6 is 0 Å². The van der Waals surface area contributed by atoms with Crippen LogP contribution in [0.2, 0.25) is 0 Å². The maximum absolute atomic E-state index is 5.62. The van der Waals surface area contributed by atoms with Crippen molar-refractivity contribution in [3.63, 3.8) is 0 Å². The van der Waals surface area contributed by atoms with Crippen LogP contribution in [-0.2, 0) is 0 Å². The van der Waals surface area contributed by atoms with Gasteiger partial charge in [-0.25, -0.2) is 0 Å². The van der Waals surface area contributed by atoms with Gasteiger partial charge in [-0.05, 0) is 23.3 Å². The first-order valence-electron chi connectivity index (χ1n) is 5.49. The molecule has 0 heterocycles. The second-order valence-corrected chi connectivity index (χ2v) is 3.54. The van der Waals surface area contributed by atoms with Gasteiger partial charge >= 0.3 is 0 Å². The molecule has 0 fully saturated rings. The molecule has 1 aromatic carbocycles. The zero-order valence-corrected chi connectivity index (χ0v) is 9.84. The predicted octanol–water partition coefficient (Wildman–Crippen LogP) is 2.91. The first kappa shape index (κ1) is 13.0. The summed E-state index contributed by atoms with van der Waals surface area (Å²) < 4.78 is 0. The highest BCUT2D eigenvalue weighted by Crippen LogP contribution is 2.09. The van der Waals surface area contributed by atoms with Crippen LogP contribution in [0.1, 0.15) is 5.56 Å². The lowest BCUT2D eigenvalue weighted by atomic mass is 10.1. The lowest BCUT2D eigenvalue weighted by molar-refractivity contribution is 1.25. The molecule has 1 aromatic rings. The van der Waals surface area contributed by atoms with E-state index in [-0.39, 0.29) is 0 Å². The number of anilines is 1. The molecule has 0 radical (unpaired) electrons. The number of nitrogen functional groups attached to an aromatic ring is 1.